The van der Waals surface area contributed by atoms with Crippen molar-refractivity contribution in [3.63, 3.8) is 0 Å². The van der Waals surface area contributed by atoms with Crippen LogP contribution in [0.2, 0.25) is 0 Å². The summed E-state index contributed by atoms with van der Waals surface area (Å²) in [5.41, 5.74) is 1.78. The summed E-state index contributed by atoms with van der Waals surface area (Å²) in [6, 6.07) is 3.00. The molecule has 2 aromatic rings. The van der Waals surface area contributed by atoms with Gasteiger partial charge in [0, 0.05) is 37.0 Å². The molecular weight excluding hydrogens is 296 g/mol. The van der Waals surface area contributed by atoms with Gasteiger partial charge in [0.2, 0.25) is 5.56 Å². The van der Waals surface area contributed by atoms with Crippen molar-refractivity contribution < 1.29 is 9.53 Å². The van der Waals surface area contributed by atoms with Crippen LogP contribution in [0.5, 0.6) is 0 Å². The van der Waals surface area contributed by atoms with Gasteiger partial charge in [-0.1, -0.05) is 0 Å². The summed E-state index contributed by atoms with van der Waals surface area (Å²) in [7, 11) is 1.92. The zero-order valence-corrected chi connectivity index (χ0v) is 13.2. The van der Waals surface area contributed by atoms with Crippen molar-refractivity contribution in [3.8, 4) is 0 Å². The quantitative estimate of drug-likeness (QED) is 0.886. The number of aryl methyl sites for hydroxylation is 2. The highest BCUT2D eigenvalue weighted by Gasteiger charge is 2.27. The molecule has 1 fully saturated rings. The Balaban J connectivity index is 1.69. The highest BCUT2D eigenvalue weighted by Crippen LogP contribution is 2.27. The number of rotatable bonds is 3. The fraction of sp³-hybridized carbons (Fsp3) is 0.438. The molecule has 1 saturated heterocycles. The van der Waals surface area contributed by atoms with Crippen molar-refractivity contribution in [1.82, 2.24) is 19.9 Å². The lowest BCUT2D eigenvalue weighted by atomic mass is 10.0. The van der Waals surface area contributed by atoms with Gasteiger partial charge in [-0.25, -0.2) is 4.98 Å². The SMILES string of the molecule is Cc1cc(C(=O)N[C@H]2CCO[C@@H](c3cncn3C)C2)cc(=O)[nH]1. The van der Waals surface area contributed by atoms with E-state index in [0.717, 1.165) is 12.1 Å². The second-order valence-corrected chi connectivity index (χ2v) is 5.90. The third kappa shape index (κ3) is 3.50. The van der Waals surface area contributed by atoms with Gasteiger partial charge in [-0.15, -0.1) is 0 Å². The summed E-state index contributed by atoms with van der Waals surface area (Å²) < 4.78 is 7.72. The molecule has 2 atom stereocenters. The van der Waals surface area contributed by atoms with Gasteiger partial charge in [0.1, 0.15) is 6.10 Å². The maximum absolute atomic E-state index is 12.4. The predicted octanol–water partition coefficient (Wildman–Crippen LogP) is 1.07. The van der Waals surface area contributed by atoms with Crippen molar-refractivity contribution in [3.05, 3.63) is 52.0 Å². The number of nitrogens with zero attached hydrogens (tertiary/aromatic N) is 2. The lowest BCUT2D eigenvalue weighted by Crippen LogP contribution is -2.40. The average molecular weight is 316 g/mol. The molecule has 2 aromatic heterocycles. The Labute approximate surface area is 133 Å². The van der Waals surface area contributed by atoms with Crippen LogP contribution >= 0.6 is 0 Å². The van der Waals surface area contributed by atoms with Crippen molar-refractivity contribution in [1.29, 1.82) is 0 Å². The highest BCUT2D eigenvalue weighted by molar-refractivity contribution is 5.94. The fourth-order valence-electron chi connectivity index (χ4n) is 2.89. The zero-order valence-electron chi connectivity index (χ0n) is 13.2. The molecule has 1 aliphatic rings. The van der Waals surface area contributed by atoms with E-state index < -0.39 is 0 Å². The van der Waals surface area contributed by atoms with Crippen LogP contribution in [0.1, 0.15) is 40.7 Å². The normalized spacial score (nSPS) is 21.1. The molecular formula is C16H20N4O3. The van der Waals surface area contributed by atoms with Crippen molar-refractivity contribution in [2.75, 3.05) is 6.61 Å². The molecule has 3 rings (SSSR count). The Bertz CT molecular complexity index is 765. The maximum atomic E-state index is 12.4. The van der Waals surface area contributed by atoms with Gasteiger partial charge in [-0.05, 0) is 25.8 Å². The molecule has 7 heteroatoms. The van der Waals surface area contributed by atoms with E-state index >= 15 is 0 Å². The smallest absolute Gasteiger partial charge is 0.251 e. The standard InChI is InChI=1S/C16H20N4O3/c1-10-5-11(6-15(21)18-10)16(22)19-12-3-4-23-14(7-12)13-8-17-9-20(13)2/h5-6,8-9,12,14H,3-4,7H2,1-2H3,(H,18,21)(H,19,22)/t12-,14+/m0/s1. The van der Waals surface area contributed by atoms with Crippen LogP contribution in [0, 0.1) is 6.92 Å². The number of nitrogens with one attached hydrogen (secondary N) is 2. The lowest BCUT2D eigenvalue weighted by Gasteiger charge is -2.30. The monoisotopic (exact) mass is 316 g/mol. The van der Waals surface area contributed by atoms with E-state index in [0.29, 0.717) is 24.3 Å². The van der Waals surface area contributed by atoms with Crippen LogP contribution in [0.4, 0.5) is 0 Å². The number of ether oxygens (including phenoxy) is 1. The van der Waals surface area contributed by atoms with Gasteiger partial charge in [0.05, 0.1) is 18.2 Å². The van der Waals surface area contributed by atoms with E-state index in [1.54, 1.807) is 25.5 Å². The molecule has 0 aliphatic carbocycles. The van der Waals surface area contributed by atoms with Gasteiger partial charge in [0.25, 0.3) is 5.91 Å². The number of carbonyl (C=O) groups is 1. The summed E-state index contributed by atoms with van der Waals surface area (Å²) in [5, 5.41) is 3.00. The van der Waals surface area contributed by atoms with Gasteiger partial charge < -0.3 is 19.6 Å². The average Bonchev–Trinajstić information content (AvgIpc) is 2.92. The van der Waals surface area contributed by atoms with E-state index in [-0.39, 0.29) is 23.6 Å². The molecule has 0 radical (unpaired) electrons. The Morgan fingerprint density at radius 1 is 1.48 bits per heavy atom. The van der Waals surface area contributed by atoms with Crippen molar-refractivity contribution >= 4 is 5.91 Å². The molecule has 0 bridgehead atoms. The Morgan fingerprint density at radius 2 is 2.30 bits per heavy atom. The molecule has 3 heterocycles. The first-order valence-electron chi connectivity index (χ1n) is 7.62. The molecule has 2 N–H and O–H groups in total. The number of imidazole rings is 1. The number of hydrogen-bond donors (Lipinski definition) is 2. The number of aromatic amines is 1. The number of pyridine rings is 1. The van der Waals surface area contributed by atoms with Crippen molar-refractivity contribution in [2.45, 2.75) is 31.9 Å². The summed E-state index contributed by atoms with van der Waals surface area (Å²) in [5.74, 6) is -0.227. The largest absolute Gasteiger partial charge is 0.372 e. The van der Waals surface area contributed by atoms with Crippen LogP contribution in [-0.2, 0) is 11.8 Å². The van der Waals surface area contributed by atoms with Crippen LogP contribution in [-0.4, -0.2) is 33.1 Å². The number of hydrogen-bond acceptors (Lipinski definition) is 4. The summed E-state index contributed by atoms with van der Waals surface area (Å²) in [6.45, 7) is 2.33. The predicted molar refractivity (Wildman–Crippen MR) is 84.2 cm³/mol. The van der Waals surface area contributed by atoms with Gasteiger partial charge in [-0.2, -0.15) is 0 Å². The van der Waals surface area contributed by atoms with Gasteiger partial charge in [0.15, 0.2) is 0 Å². The molecule has 0 aromatic carbocycles. The van der Waals surface area contributed by atoms with Gasteiger partial charge >= 0.3 is 0 Å². The Morgan fingerprint density at radius 3 is 3.00 bits per heavy atom. The number of aromatic nitrogens is 3. The van der Waals surface area contributed by atoms with Crippen LogP contribution in [0.3, 0.4) is 0 Å². The summed E-state index contributed by atoms with van der Waals surface area (Å²) >= 11 is 0. The molecule has 0 unspecified atom stereocenters. The third-order valence-corrected chi connectivity index (χ3v) is 4.04. The molecule has 1 amide bonds. The number of H-pyrrole nitrogens is 1. The van der Waals surface area contributed by atoms with Crippen LogP contribution in [0.25, 0.3) is 0 Å². The molecule has 122 valence electrons. The van der Waals surface area contributed by atoms with E-state index in [1.165, 1.54) is 6.07 Å². The molecule has 1 aliphatic heterocycles. The second kappa shape index (κ2) is 6.37. The Kier molecular flexibility index (Phi) is 4.29. The topological polar surface area (TPSA) is 89.0 Å². The molecule has 0 saturated carbocycles. The lowest BCUT2D eigenvalue weighted by molar-refractivity contribution is -0.00302. The first-order chi connectivity index (χ1) is 11.0. The summed E-state index contributed by atoms with van der Waals surface area (Å²) in [6.07, 6.45) is 4.88. The second-order valence-electron chi connectivity index (χ2n) is 5.90. The first-order valence-corrected chi connectivity index (χ1v) is 7.62. The third-order valence-electron chi connectivity index (χ3n) is 4.04. The molecule has 0 spiro atoms. The van der Waals surface area contributed by atoms with E-state index in [1.807, 2.05) is 11.6 Å². The summed E-state index contributed by atoms with van der Waals surface area (Å²) in [4.78, 5) is 30.6. The first kappa shape index (κ1) is 15.5. The fourth-order valence-corrected chi connectivity index (χ4v) is 2.89. The van der Waals surface area contributed by atoms with E-state index in [2.05, 4.69) is 15.3 Å². The van der Waals surface area contributed by atoms with E-state index in [9.17, 15) is 9.59 Å². The van der Waals surface area contributed by atoms with E-state index in [4.69, 9.17) is 4.74 Å². The Hall–Kier alpha value is -2.41. The minimum atomic E-state index is -0.269. The minimum Gasteiger partial charge on any atom is -0.372 e. The number of carbonyl (C=O) groups excluding carboxylic acids is 1. The highest BCUT2D eigenvalue weighted by atomic mass is 16.5. The number of amides is 1. The molecule has 7 nitrogen and oxygen atoms in total. The zero-order chi connectivity index (χ0) is 16.4. The maximum Gasteiger partial charge on any atom is 0.251 e. The van der Waals surface area contributed by atoms with Crippen LogP contribution in [0.15, 0.2) is 29.5 Å². The van der Waals surface area contributed by atoms with Gasteiger partial charge in [-0.3, -0.25) is 9.59 Å². The molecule has 23 heavy (non-hydrogen) atoms. The van der Waals surface area contributed by atoms with Crippen molar-refractivity contribution in [2.24, 2.45) is 7.05 Å². The minimum absolute atomic E-state index is 0.00995. The van der Waals surface area contributed by atoms with Crippen LogP contribution < -0.4 is 10.9 Å².